The van der Waals surface area contributed by atoms with Gasteiger partial charge in [0.2, 0.25) is 0 Å². The van der Waals surface area contributed by atoms with Crippen LogP contribution >= 0.6 is 12.2 Å². The molecule has 0 radical (unpaired) electrons. The fourth-order valence-electron chi connectivity index (χ4n) is 1.73. The van der Waals surface area contributed by atoms with Crippen LogP contribution in [0.5, 0.6) is 11.5 Å². The highest BCUT2D eigenvalue weighted by atomic mass is 32.1. The van der Waals surface area contributed by atoms with Crippen molar-refractivity contribution in [2.75, 3.05) is 13.7 Å². The summed E-state index contributed by atoms with van der Waals surface area (Å²) in [7, 11) is 1.62. The van der Waals surface area contributed by atoms with Gasteiger partial charge in [-0.3, -0.25) is 0 Å². The molecule has 0 aromatic heterocycles. The van der Waals surface area contributed by atoms with Gasteiger partial charge >= 0.3 is 0 Å². The lowest BCUT2D eigenvalue weighted by atomic mass is 10.1. The maximum absolute atomic E-state index is 5.61. The molecule has 1 atom stereocenters. The highest BCUT2D eigenvalue weighted by Gasteiger charge is 2.08. The SMILES string of the molecule is C#CC(C)Oc1ccc(CCC(=S)NCC)cc1OC. The van der Waals surface area contributed by atoms with Crippen molar-refractivity contribution in [2.45, 2.75) is 32.8 Å². The fraction of sp³-hybridized carbons (Fsp3) is 0.438. The van der Waals surface area contributed by atoms with Gasteiger partial charge in [0.05, 0.1) is 12.1 Å². The molecule has 3 nitrogen and oxygen atoms in total. The minimum atomic E-state index is -0.281. The molecule has 0 aliphatic carbocycles. The number of hydrogen-bond acceptors (Lipinski definition) is 3. The fourth-order valence-corrected chi connectivity index (χ4v) is 1.98. The summed E-state index contributed by atoms with van der Waals surface area (Å²) >= 11 is 5.22. The van der Waals surface area contributed by atoms with E-state index in [1.54, 1.807) is 7.11 Å². The van der Waals surface area contributed by atoms with E-state index in [4.69, 9.17) is 28.1 Å². The lowest BCUT2D eigenvalue weighted by molar-refractivity contribution is 0.262. The van der Waals surface area contributed by atoms with Crippen molar-refractivity contribution < 1.29 is 9.47 Å². The van der Waals surface area contributed by atoms with E-state index < -0.39 is 0 Å². The Labute approximate surface area is 126 Å². The van der Waals surface area contributed by atoms with Crippen LogP contribution in [0.25, 0.3) is 0 Å². The summed E-state index contributed by atoms with van der Waals surface area (Å²) in [5, 5.41) is 3.14. The van der Waals surface area contributed by atoms with Gasteiger partial charge in [-0.2, -0.15) is 0 Å². The first-order chi connectivity index (χ1) is 9.60. The van der Waals surface area contributed by atoms with Crippen molar-refractivity contribution in [2.24, 2.45) is 0 Å². The predicted octanol–water partition coefficient (Wildman–Crippen LogP) is 2.97. The van der Waals surface area contributed by atoms with Gasteiger partial charge in [0.1, 0.15) is 0 Å². The average Bonchev–Trinajstić information content (AvgIpc) is 2.46. The van der Waals surface area contributed by atoms with Gasteiger partial charge in [-0.05, 0) is 38.0 Å². The van der Waals surface area contributed by atoms with E-state index in [9.17, 15) is 0 Å². The van der Waals surface area contributed by atoms with E-state index in [1.165, 1.54) is 0 Å². The van der Waals surface area contributed by atoms with Gasteiger partial charge in [0, 0.05) is 13.0 Å². The molecule has 0 aliphatic heterocycles. The number of rotatable bonds is 7. The number of benzene rings is 1. The Bertz CT molecular complexity index is 494. The van der Waals surface area contributed by atoms with Crippen molar-refractivity contribution in [1.82, 2.24) is 5.32 Å². The Morgan fingerprint density at radius 3 is 2.80 bits per heavy atom. The average molecular weight is 291 g/mol. The molecule has 1 aromatic carbocycles. The van der Waals surface area contributed by atoms with Gasteiger partial charge in [-0.15, -0.1) is 6.42 Å². The zero-order chi connectivity index (χ0) is 15.0. The third kappa shape index (κ3) is 5.10. The normalized spacial score (nSPS) is 11.3. The van der Waals surface area contributed by atoms with Crippen molar-refractivity contribution in [3.8, 4) is 23.8 Å². The lowest BCUT2D eigenvalue weighted by Crippen LogP contribution is -2.20. The number of terminal acetylenes is 1. The second-order valence-corrected chi connectivity index (χ2v) is 4.86. The number of thiocarbonyl (C=S) groups is 1. The zero-order valence-electron chi connectivity index (χ0n) is 12.2. The molecule has 0 heterocycles. The van der Waals surface area contributed by atoms with Crippen LogP contribution in [0, 0.1) is 12.3 Å². The van der Waals surface area contributed by atoms with E-state index in [1.807, 2.05) is 32.0 Å². The summed E-state index contributed by atoms with van der Waals surface area (Å²) in [6.45, 7) is 4.72. The molecule has 0 aliphatic rings. The zero-order valence-corrected chi connectivity index (χ0v) is 13.0. The first-order valence-electron chi connectivity index (χ1n) is 6.67. The summed E-state index contributed by atoms with van der Waals surface area (Å²) in [6.07, 6.45) is 6.73. The van der Waals surface area contributed by atoms with Crippen LogP contribution in [-0.2, 0) is 6.42 Å². The van der Waals surface area contributed by atoms with E-state index in [2.05, 4.69) is 11.2 Å². The molecule has 1 aromatic rings. The molecule has 0 amide bonds. The van der Waals surface area contributed by atoms with Crippen molar-refractivity contribution in [3.63, 3.8) is 0 Å². The van der Waals surface area contributed by atoms with Gasteiger partial charge in [-0.1, -0.05) is 24.2 Å². The highest BCUT2D eigenvalue weighted by molar-refractivity contribution is 7.80. The number of methoxy groups -OCH3 is 1. The summed E-state index contributed by atoms with van der Waals surface area (Å²) in [5.41, 5.74) is 1.16. The molecule has 1 rings (SSSR count). The van der Waals surface area contributed by atoms with E-state index in [0.717, 1.165) is 29.9 Å². The molecule has 0 spiro atoms. The minimum absolute atomic E-state index is 0.281. The molecule has 1 N–H and O–H groups in total. The van der Waals surface area contributed by atoms with E-state index in [0.29, 0.717) is 11.5 Å². The molecule has 0 bridgehead atoms. The molecule has 0 saturated heterocycles. The molecular weight excluding hydrogens is 270 g/mol. The summed E-state index contributed by atoms with van der Waals surface area (Å²) in [5.74, 6) is 3.89. The van der Waals surface area contributed by atoms with Gasteiger partial charge in [0.15, 0.2) is 17.6 Å². The Kier molecular flexibility index (Phi) is 6.89. The number of ether oxygens (including phenoxy) is 2. The topological polar surface area (TPSA) is 30.5 Å². The van der Waals surface area contributed by atoms with E-state index in [-0.39, 0.29) is 6.10 Å². The Morgan fingerprint density at radius 2 is 2.20 bits per heavy atom. The lowest BCUT2D eigenvalue weighted by Gasteiger charge is -2.14. The smallest absolute Gasteiger partial charge is 0.163 e. The summed E-state index contributed by atoms with van der Waals surface area (Å²) < 4.78 is 10.9. The quantitative estimate of drug-likeness (QED) is 0.618. The Hall–Kier alpha value is -1.73. The van der Waals surface area contributed by atoms with Crippen LogP contribution in [0.15, 0.2) is 18.2 Å². The Morgan fingerprint density at radius 1 is 1.45 bits per heavy atom. The maximum Gasteiger partial charge on any atom is 0.163 e. The van der Waals surface area contributed by atoms with Crippen LogP contribution in [0.3, 0.4) is 0 Å². The molecular formula is C16H21NO2S. The largest absolute Gasteiger partial charge is 0.493 e. The standard InChI is InChI=1S/C16H21NO2S/c1-5-12(3)19-14-9-7-13(11-15(14)18-4)8-10-16(20)17-6-2/h1,7,9,11-12H,6,8,10H2,2-4H3,(H,17,20). The van der Waals surface area contributed by atoms with Crippen LogP contribution in [0.4, 0.5) is 0 Å². The van der Waals surface area contributed by atoms with Crippen LogP contribution in [0.2, 0.25) is 0 Å². The summed E-state index contributed by atoms with van der Waals surface area (Å²) in [4.78, 5) is 0.882. The number of nitrogens with one attached hydrogen (secondary N) is 1. The van der Waals surface area contributed by atoms with Crippen molar-refractivity contribution in [1.29, 1.82) is 0 Å². The predicted molar refractivity (Wildman–Crippen MR) is 86.5 cm³/mol. The van der Waals surface area contributed by atoms with Gasteiger partial charge < -0.3 is 14.8 Å². The Balaban J connectivity index is 2.72. The molecule has 108 valence electrons. The highest BCUT2D eigenvalue weighted by Crippen LogP contribution is 2.29. The first kappa shape index (κ1) is 16.3. The van der Waals surface area contributed by atoms with Crippen LogP contribution in [-0.4, -0.2) is 24.7 Å². The van der Waals surface area contributed by atoms with Crippen molar-refractivity contribution in [3.05, 3.63) is 23.8 Å². The van der Waals surface area contributed by atoms with Gasteiger partial charge in [-0.25, -0.2) is 0 Å². The maximum atomic E-state index is 5.61. The molecule has 0 saturated carbocycles. The molecule has 20 heavy (non-hydrogen) atoms. The molecule has 1 unspecified atom stereocenters. The summed E-state index contributed by atoms with van der Waals surface area (Å²) in [6, 6.07) is 5.86. The second kappa shape index (κ2) is 8.44. The monoisotopic (exact) mass is 291 g/mol. The first-order valence-corrected chi connectivity index (χ1v) is 7.08. The van der Waals surface area contributed by atoms with Crippen LogP contribution < -0.4 is 14.8 Å². The number of hydrogen-bond donors (Lipinski definition) is 1. The minimum Gasteiger partial charge on any atom is -0.493 e. The van der Waals surface area contributed by atoms with E-state index >= 15 is 0 Å². The second-order valence-electron chi connectivity index (χ2n) is 4.37. The third-order valence-corrected chi connectivity index (χ3v) is 3.13. The van der Waals surface area contributed by atoms with Gasteiger partial charge in [0.25, 0.3) is 0 Å². The molecule has 0 fully saturated rings. The molecule has 4 heteroatoms. The van der Waals surface area contributed by atoms with Crippen molar-refractivity contribution >= 4 is 17.2 Å². The van der Waals surface area contributed by atoms with Crippen LogP contribution in [0.1, 0.15) is 25.8 Å². The number of aryl methyl sites for hydroxylation is 1. The third-order valence-electron chi connectivity index (χ3n) is 2.78.